The number of urea groups is 1. The predicted octanol–water partition coefficient (Wildman–Crippen LogP) is 3.43. The average molecular weight is 340 g/mol. The number of benzene rings is 1. The van der Waals surface area contributed by atoms with Crippen LogP contribution in [-0.4, -0.2) is 34.2 Å². The third kappa shape index (κ3) is 4.00. The zero-order chi connectivity index (χ0) is 17.1. The van der Waals surface area contributed by atoms with E-state index < -0.39 is 0 Å². The largest absolute Gasteiger partial charge is 0.337 e. The molecule has 6 nitrogen and oxygen atoms in total. The zero-order valence-electron chi connectivity index (χ0n) is 14.4. The van der Waals surface area contributed by atoms with Gasteiger partial charge in [-0.3, -0.25) is 0 Å². The molecule has 0 unspecified atom stereocenters. The van der Waals surface area contributed by atoms with Crippen molar-refractivity contribution in [3.8, 4) is 0 Å². The Kier molecular flexibility index (Phi) is 4.68. The topological polar surface area (TPSA) is 71.3 Å². The van der Waals surface area contributed by atoms with E-state index in [4.69, 9.17) is 4.52 Å². The highest BCUT2D eigenvalue weighted by molar-refractivity contribution is 5.74. The van der Waals surface area contributed by atoms with Crippen LogP contribution in [-0.2, 0) is 6.54 Å². The van der Waals surface area contributed by atoms with E-state index in [1.165, 1.54) is 5.56 Å². The van der Waals surface area contributed by atoms with E-state index in [0.717, 1.165) is 51.0 Å². The SMILES string of the molecule is O=C(NCc1nc(C2CC2)no1)N1CCC[C@H](c2ccccc2)CC1. The van der Waals surface area contributed by atoms with Crippen molar-refractivity contribution in [3.63, 3.8) is 0 Å². The minimum absolute atomic E-state index is 0.0418. The van der Waals surface area contributed by atoms with Crippen molar-refractivity contribution in [2.75, 3.05) is 13.1 Å². The van der Waals surface area contributed by atoms with Gasteiger partial charge in [-0.05, 0) is 43.6 Å². The number of nitrogens with zero attached hydrogens (tertiary/aromatic N) is 3. The van der Waals surface area contributed by atoms with E-state index in [1.54, 1.807) is 0 Å². The van der Waals surface area contributed by atoms with E-state index in [1.807, 2.05) is 11.0 Å². The maximum atomic E-state index is 12.4. The van der Waals surface area contributed by atoms with E-state index >= 15 is 0 Å². The number of hydrogen-bond donors (Lipinski definition) is 1. The number of amides is 2. The summed E-state index contributed by atoms with van der Waals surface area (Å²) < 4.78 is 5.21. The summed E-state index contributed by atoms with van der Waals surface area (Å²) in [5.74, 6) is 2.28. The Hall–Kier alpha value is -2.37. The molecule has 0 radical (unpaired) electrons. The van der Waals surface area contributed by atoms with Gasteiger partial charge in [-0.15, -0.1) is 0 Å². The molecule has 0 spiro atoms. The van der Waals surface area contributed by atoms with Crippen molar-refractivity contribution in [3.05, 3.63) is 47.6 Å². The first-order chi connectivity index (χ1) is 12.3. The Balaban J connectivity index is 1.28. The van der Waals surface area contributed by atoms with Crippen molar-refractivity contribution in [1.82, 2.24) is 20.4 Å². The monoisotopic (exact) mass is 340 g/mol. The molecule has 132 valence electrons. The summed E-state index contributed by atoms with van der Waals surface area (Å²) in [5, 5.41) is 6.89. The molecule has 1 aromatic carbocycles. The molecule has 2 fully saturated rings. The molecule has 1 aliphatic heterocycles. The van der Waals surface area contributed by atoms with Gasteiger partial charge in [-0.25, -0.2) is 4.79 Å². The summed E-state index contributed by atoms with van der Waals surface area (Å²) in [5.41, 5.74) is 1.38. The van der Waals surface area contributed by atoms with E-state index in [-0.39, 0.29) is 6.03 Å². The van der Waals surface area contributed by atoms with Gasteiger partial charge in [-0.2, -0.15) is 4.98 Å². The molecule has 6 heteroatoms. The van der Waals surface area contributed by atoms with Crippen molar-refractivity contribution in [2.24, 2.45) is 0 Å². The fourth-order valence-corrected chi connectivity index (χ4v) is 3.47. The second-order valence-electron chi connectivity index (χ2n) is 7.00. The lowest BCUT2D eigenvalue weighted by molar-refractivity contribution is 0.197. The van der Waals surface area contributed by atoms with Crippen LogP contribution in [0.15, 0.2) is 34.9 Å². The molecule has 25 heavy (non-hydrogen) atoms. The van der Waals surface area contributed by atoms with Crippen molar-refractivity contribution in [1.29, 1.82) is 0 Å². The molecule has 1 aliphatic carbocycles. The molecular weight excluding hydrogens is 316 g/mol. The first-order valence-corrected chi connectivity index (χ1v) is 9.20. The fraction of sp³-hybridized carbons (Fsp3) is 0.526. The third-order valence-corrected chi connectivity index (χ3v) is 5.10. The summed E-state index contributed by atoms with van der Waals surface area (Å²) in [6.07, 6.45) is 5.44. The molecule has 0 bridgehead atoms. The summed E-state index contributed by atoms with van der Waals surface area (Å²) in [4.78, 5) is 18.7. The Labute approximate surface area is 147 Å². The third-order valence-electron chi connectivity index (χ3n) is 5.10. The van der Waals surface area contributed by atoms with Crippen molar-refractivity contribution >= 4 is 6.03 Å². The van der Waals surface area contributed by atoms with Crippen LogP contribution in [0.3, 0.4) is 0 Å². The quantitative estimate of drug-likeness (QED) is 0.925. The zero-order valence-corrected chi connectivity index (χ0v) is 14.4. The summed E-state index contributed by atoms with van der Waals surface area (Å²) >= 11 is 0. The van der Waals surface area contributed by atoms with Crippen LogP contribution in [0.1, 0.15) is 61.2 Å². The molecule has 1 N–H and O–H groups in total. The van der Waals surface area contributed by atoms with Crippen LogP contribution < -0.4 is 5.32 Å². The highest BCUT2D eigenvalue weighted by Gasteiger charge is 2.29. The summed E-state index contributed by atoms with van der Waals surface area (Å²) in [7, 11) is 0. The van der Waals surface area contributed by atoms with Crippen LogP contribution in [0.2, 0.25) is 0 Å². The summed E-state index contributed by atoms with van der Waals surface area (Å²) in [6.45, 7) is 1.88. The van der Waals surface area contributed by atoms with Gasteiger partial charge < -0.3 is 14.7 Å². The highest BCUT2D eigenvalue weighted by Crippen LogP contribution is 2.38. The van der Waals surface area contributed by atoms with Gasteiger partial charge in [0.25, 0.3) is 0 Å². The summed E-state index contributed by atoms with van der Waals surface area (Å²) in [6, 6.07) is 10.6. The van der Waals surface area contributed by atoms with Crippen LogP contribution in [0.25, 0.3) is 0 Å². The number of carbonyl (C=O) groups is 1. The van der Waals surface area contributed by atoms with Crippen LogP contribution in [0.5, 0.6) is 0 Å². The Morgan fingerprint density at radius 2 is 1.96 bits per heavy atom. The molecule has 1 saturated heterocycles. The highest BCUT2D eigenvalue weighted by atomic mass is 16.5. The van der Waals surface area contributed by atoms with Gasteiger partial charge in [0, 0.05) is 19.0 Å². The van der Waals surface area contributed by atoms with Crippen LogP contribution >= 0.6 is 0 Å². The predicted molar refractivity (Wildman–Crippen MR) is 93.1 cm³/mol. The lowest BCUT2D eigenvalue weighted by atomic mass is 9.92. The second kappa shape index (κ2) is 7.25. The Bertz CT molecular complexity index is 711. The van der Waals surface area contributed by atoms with Crippen LogP contribution in [0, 0.1) is 0 Å². The molecule has 4 rings (SSSR count). The lowest BCUT2D eigenvalue weighted by Gasteiger charge is -2.20. The van der Waals surface area contributed by atoms with E-state index in [9.17, 15) is 4.79 Å². The van der Waals surface area contributed by atoms with Gasteiger partial charge in [0.2, 0.25) is 5.89 Å². The Morgan fingerprint density at radius 3 is 2.76 bits per heavy atom. The number of aromatic nitrogens is 2. The van der Waals surface area contributed by atoms with E-state index in [0.29, 0.717) is 24.3 Å². The normalized spacial score (nSPS) is 21.0. The van der Waals surface area contributed by atoms with Crippen LogP contribution in [0.4, 0.5) is 4.79 Å². The number of rotatable bonds is 4. The van der Waals surface area contributed by atoms with Gasteiger partial charge in [-0.1, -0.05) is 35.5 Å². The van der Waals surface area contributed by atoms with Gasteiger partial charge in [0.05, 0.1) is 6.54 Å². The van der Waals surface area contributed by atoms with Gasteiger partial charge in [0.1, 0.15) is 0 Å². The molecule has 1 aromatic heterocycles. The molecule has 1 saturated carbocycles. The molecule has 2 amide bonds. The smallest absolute Gasteiger partial charge is 0.317 e. The number of carbonyl (C=O) groups excluding carboxylic acids is 1. The maximum absolute atomic E-state index is 12.4. The first-order valence-electron chi connectivity index (χ1n) is 9.20. The average Bonchev–Trinajstić information content (AvgIpc) is 3.44. The number of nitrogens with one attached hydrogen (secondary N) is 1. The molecule has 2 aliphatic rings. The van der Waals surface area contributed by atoms with Crippen molar-refractivity contribution in [2.45, 2.75) is 50.5 Å². The molecule has 1 atom stereocenters. The van der Waals surface area contributed by atoms with E-state index in [2.05, 4.69) is 39.7 Å². The standard InChI is InChI=1S/C19H24N4O2/c24-19(20-13-17-21-18(22-25-17)16-8-9-16)23-11-4-7-15(10-12-23)14-5-2-1-3-6-14/h1-3,5-6,15-16H,4,7-13H2,(H,20,24)/t15-/m0/s1. The van der Waals surface area contributed by atoms with Crippen molar-refractivity contribution < 1.29 is 9.32 Å². The van der Waals surface area contributed by atoms with Gasteiger partial charge >= 0.3 is 6.03 Å². The first kappa shape index (κ1) is 16.1. The Morgan fingerprint density at radius 1 is 1.12 bits per heavy atom. The maximum Gasteiger partial charge on any atom is 0.317 e. The van der Waals surface area contributed by atoms with Gasteiger partial charge in [0.15, 0.2) is 5.82 Å². The minimum Gasteiger partial charge on any atom is -0.337 e. The molecular formula is C19H24N4O2. The second-order valence-corrected chi connectivity index (χ2v) is 7.00. The fourth-order valence-electron chi connectivity index (χ4n) is 3.47. The number of hydrogen-bond acceptors (Lipinski definition) is 4. The molecule has 2 aromatic rings. The lowest BCUT2D eigenvalue weighted by Crippen LogP contribution is -2.40. The number of likely N-dealkylation sites (tertiary alicyclic amines) is 1. The minimum atomic E-state index is -0.0418. The molecule has 2 heterocycles.